The van der Waals surface area contributed by atoms with Crippen LogP contribution < -0.4 is 0 Å². The van der Waals surface area contributed by atoms with Gasteiger partial charge in [0.2, 0.25) is 0 Å². The van der Waals surface area contributed by atoms with Crippen LogP contribution in [0.3, 0.4) is 0 Å². The van der Waals surface area contributed by atoms with Crippen LogP contribution in [0.5, 0.6) is 0 Å². The van der Waals surface area contributed by atoms with Crippen LogP contribution in [0.4, 0.5) is 0 Å². The molecule has 276 valence electrons. The number of nitrogens with zero attached hydrogens (tertiary/aromatic N) is 3. The summed E-state index contributed by atoms with van der Waals surface area (Å²) in [4.78, 5) is 10.8. The second kappa shape index (κ2) is 14.6. The van der Waals surface area contributed by atoms with Gasteiger partial charge in [0.25, 0.3) is 0 Å². The quantitative estimate of drug-likeness (QED) is 0.152. The summed E-state index contributed by atoms with van der Waals surface area (Å²) in [7, 11) is 0. The second-order valence-electron chi connectivity index (χ2n) is 15.0. The van der Waals surface area contributed by atoms with Crippen molar-refractivity contribution in [3.63, 3.8) is 0 Å². The third-order valence-electron chi connectivity index (χ3n) is 11.4. The maximum Gasteiger partial charge on any atom is 0.145 e. The van der Waals surface area contributed by atoms with Gasteiger partial charge in [0, 0.05) is 27.6 Å². The fraction of sp³-hybridized carbons (Fsp3) is 0. The van der Waals surface area contributed by atoms with Crippen LogP contribution in [0.15, 0.2) is 224 Å². The molecule has 0 aliphatic heterocycles. The standard InChI is InChI=1S/C56H37N3/c1-5-15-38(16-6-1)40-25-29-42(30-26-40)49-36-51-50(43-31-27-41(28-32-43)39-17-7-2-8-18-39)37-52(57-55(51)48-24-14-13-23-47(48)49)45-33-34-54-53(35-45)58-56(44-19-9-3-10-20-44)59(54)46-21-11-4-12-22-46/h1-37H. The topological polar surface area (TPSA) is 30.7 Å². The van der Waals surface area contributed by atoms with E-state index >= 15 is 0 Å². The van der Waals surface area contributed by atoms with E-state index in [4.69, 9.17) is 9.97 Å². The molecule has 0 radical (unpaired) electrons. The predicted molar refractivity (Wildman–Crippen MR) is 246 cm³/mol. The van der Waals surface area contributed by atoms with Crippen LogP contribution in [-0.4, -0.2) is 14.5 Å². The average Bonchev–Trinajstić information content (AvgIpc) is 3.71. The van der Waals surface area contributed by atoms with Crippen molar-refractivity contribution in [2.24, 2.45) is 0 Å². The van der Waals surface area contributed by atoms with E-state index in [2.05, 4.69) is 223 Å². The lowest BCUT2D eigenvalue weighted by molar-refractivity contribution is 1.10. The molecule has 0 saturated heterocycles. The van der Waals surface area contributed by atoms with Gasteiger partial charge in [-0.1, -0.05) is 188 Å². The van der Waals surface area contributed by atoms with E-state index in [-0.39, 0.29) is 0 Å². The van der Waals surface area contributed by atoms with Gasteiger partial charge < -0.3 is 0 Å². The summed E-state index contributed by atoms with van der Waals surface area (Å²) in [5.41, 5.74) is 16.4. The highest BCUT2D eigenvalue weighted by Crippen LogP contribution is 2.42. The Morgan fingerprint density at radius 1 is 0.305 bits per heavy atom. The minimum Gasteiger partial charge on any atom is -0.292 e. The largest absolute Gasteiger partial charge is 0.292 e. The van der Waals surface area contributed by atoms with E-state index in [1.807, 2.05) is 6.07 Å². The number of fused-ring (bicyclic) bond motifs is 4. The second-order valence-corrected chi connectivity index (χ2v) is 15.0. The molecule has 11 rings (SSSR count). The van der Waals surface area contributed by atoms with Crippen molar-refractivity contribution in [3.8, 4) is 72.8 Å². The predicted octanol–water partition coefficient (Wildman–Crippen LogP) is 14.7. The summed E-state index contributed by atoms with van der Waals surface area (Å²) in [6.45, 7) is 0. The SMILES string of the molecule is c1ccc(-c2ccc(-c3cc4c(-c5ccc(-c6ccccc6)cc5)cc(-c5ccc6c(c5)nc(-c5ccccc5)n6-c5ccccc5)nc4c4ccccc34)cc2)cc1. The van der Waals surface area contributed by atoms with Crippen molar-refractivity contribution >= 4 is 32.7 Å². The van der Waals surface area contributed by atoms with Crippen molar-refractivity contribution < 1.29 is 0 Å². The Morgan fingerprint density at radius 3 is 1.36 bits per heavy atom. The Balaban J connectivity index is 1.12. The van der Waals surface area contributed by atoms with Crippen molar-refractivity contribution in [1.29, 1.82) is 0 Å². The van der Waals surface area contributed by atoms with Gasteiger partial charge in [-0.15, -0.1) is 0 Å². The van der Waals surface area contributed by atoms with Gasteiger partial charge in [0.15, 0.2) is 0 Å². The Kier molecular flexibility index (Phi) is 8.49. The number of hydrogen-bond acceptors (Lipinski definition) is 2. The van der Waals surface area contributed by atoms with E-state index < -0.39 is 0 Å². The Labute approximate surface area is 343 Å². The number of benzene rings is 9. The van der Waals surface area contributed by atoms with E-state index in [1.165, 1.54) is 38.8 Å². The first-order valence-electron chi connectivity index (χ1n) is 20.1. The fourth-order valence-electron chi connectivity index (χ4n) is 8.48. The van der Waals surface area contributed by atoms with Gasteiger partial charge in [-0.2, -0.15) is 0 Å². The van der Waals surface area contributed by atoms with Crippen molar-refractivity contribution in [2.75, 3.05) is 0 Å². The molecule has 0 aliphatic rings. The number of para-hydroxylation sites is 1. The van der Waals surface area contributed by atoms with Crippen LogP contribution in [0.25, 0.3) is 106 Å². The number of rotatable bonds is 7. The third kappa shape index (κ3) is 6.26. The van der Waals surface area contributed by atoms with Gasteiger partial charge in [-0.05, 0) is 86.3 Å². The van der Waals surface area contributed by atoms with Crippen LogP contribution in [-0.2, 0) is 0 Å². The van der Waals surface area contributed by atoms with Crippen molar-refractivity contribution in [1.82, 2.24) is 14.5 Å². The van der Waals surface area contributed by atoms with Crippen LogP contribution in [0, 0.1) is 0 Å². The summed E-state index contributed by atoms with van der Waals surface area (Å²) in [6, 6.07) is 79.9. The Morgan fingerprint density at radius 2 is 0.763 bits per heavy atom. The molecular formula is C56H37N3. The molecule has 0 atom stereocenters. The molecule has 0 saturated carbocycles. The average molecular weight is 752 g/mol. The molecule has 11 aromatic rings. The highest BCUT2D eigenvalue weighted by Gasteiger charge is 2.19. The van der Waals surface area contributed by atoms with Crippen LogP contribution >= 0.6 is 0 Å². The summed E-state index contributed by atoms with van der Waals surface area (Å²) < 4.78 is 2.25. The van der Waals surface area contributed by atoms with E-state index in [1.54, 1.807) is 0 Å². The molecule has 0 unspecified atom stereocenters. The molecule has 0 aliphatic carbocycles. The molecule has 59 heavy (non-hydrogen) atoms. The molecule has 0 amide bonds. The molecule has 0 fully saturated rings. The summed E-state index contributed by atoms with van der Waals surface area (Å²) in [6.07, 6.45) is 0. The highest BCUT2D eigenvalue weighted by molar-refractivity contribution is 6.16. The first kappa shape index (κ1) is 34.4. The van der Waals surface area contributed by atoms with Crippen LogP contribution in [0.1, 0.15) is 0 Å². The molecule has 2 heterocycles. The lowest BCUT2D eigenvalue weighted by Gasteiger charge is -2.16. The van der Waals surface area contributed by atoms with Gasteiger partial charge >= 0.3 is 0 Å². The number of pyridine rings is 1. The van der Waals surface area contributed by atoms with Gasteiger partial charge in [0.1, 0.15) is 5.82 Å². The maximum absolute atomic E-state index is 5.53. The van der Waals surface area contributed by atoms with Crippen molar-refractivity contribution in [3.05, 3.63) is 224 Å². The monoisotopic (exact) mass is 751 g/mol. The van der Waals surface area contributed by atoms with Gasteiger partial charge in [-0.25, -0.2) is 9.97 Å². The summed E-state index contributed by atoms with van der Waals surface area (Å²) in [5, 5.41) is 3.41. The first-order valence-corrected chi connectivity index (χ1v) is 20.1. The molecule has 9 aromatic carbocycles. The lowest BCUT2D eigenvalue weighted by Crippen LogP contribution is -1.97. The molecule has 3 heteroatoms. The smallest absolute Gasteiger partial charge is 0.145 e. The Hall–Kier alpha value is -7.88. The van der Waals surface area contributed by atoms with Crippen molar-refractivity contribution in [2.45, 2.75) is 0 Å². The molecule has 0 N–H and O–H groups in total. The van der Waals surface area contributed by atoms with E-state index in [0.717, 1.165) is 66.8 Å². The minimum absolute atomic E-state index is 0.905. The summed E-state index contributed by atoms with van der Waals surface area (Å²) >= 11 is 0. The van der Waals surface area contributed by atoms with Gasteiger partial charge in [0.05, 0.1) is 22.2 Å². The summed E-state index contributed by atoms with van der Waals surface area (Å²) in [5.74, 6) is 0.907. The first-order chi connectivity index (χ1) is 29.2. The molecule has 0 bridgehead atoms. The lowest BCUT2D eigenvalue weighted by atomic mass is 9.90. The van der Waals surface area contributed by atoms with Crippen LogP contribution in [0.2, 0.25) is 0 Å². The molecule has 0 spiro atoms. The number of imidazole rings is 1. The fourth-order valence-corrected chi connectivity index (χ4v) is 8.48. The zero-order chi connectivity index (χ0) is 39.1. The highest BCUT2D eigenvalue weighted by atomic mass is 15.1. The zero-order valence-corrected chi connectivity index (χ0v) is 32.2. The number of aromatic nitrogens is 3. The third-order valence-corrected chi connectivity index (χ3v) is 11.4. The molecule has 3 nitrogen and oxygen atoms in total. The molecule has 2 aromatic heterocycles. The normalized spacial score (nSPS) is 11.4. The number of hydrogen-bond donors (Lipinski definition) is 0. The maximum atomic E-state index is 5.53. The molecular weight excluding hydrogens is 715 g/mol. The minimum atomic E-state index is 0.905. The Bertz CT molecular complexity index is 3260. The van der Waals surface area contributed by atoms with Gasteiger partial charge in [-0.3, -0.25) is 4.57 Å². The zero-order valence-electron chi connectivity index (χ0n) is 32.2. The van der Waals surface area contributed by atoms with E-state index in [9.17, 15) is 0 Å². The van der Waals surface area contributed by atoms with E-state index in [0.29, 0.717) is 0 Å².